The highest BCUT2D eigenvalue weighted by molar-refractivity contribution is 5.21. The van der Waals surface area contributed by atoms with E-state index in [9.17, 15) is 0 Å². The molecule has 3 heteroatoms. The van der Waals surface area contributed by atoms with Crippen LogP contribution in [0.4, 0.5) is 0 Å². The van der Waals surface area contributed by atoms with Crippen molar-refractivity contribution >= 4 is 0 Å². The third-order valence-electron chi connectivity index (χ3n) is 3.93. The first-order chi connectivity index (χ1) is 10.1. The summed E-state index contributed by atoms with van der Waals surface area (Å²) in [6.45, 7) is 9.07. The van der Waals surface area contributed by atoms with E-state index < -0.39 is 0 Å². The van der Waals surface area contributed by atoms with Crippen LogP contribution in [0.2, 0.25) is 0 Å². The molecule has 1 N–H and O–H groups in total. The maximum atomic E-state index is 5.76. The molecule has 118 valence electrons. The molecule has 0 unspecified atom stereocenters. The molecule has 1 aliphatic carbocycles. The average Bonchev–Trinajstić information content (AvgIpc) is 3.29. The number of rotatable bonds is 10. The van der Waals surface area contributed by atoms with Crippen molar-refractivity contribution in [3.63, 3.8) is 0 Å². The van der Waals surface area contributed by atoms with E-state index in [-0.39, 0.29) is 0 Å². The monoisotopic (exact) mass is 290 g/mol. The number of nitrogens with one attached hydrogen (secondary N) is 1. The Kier molecular flexibility index (Phi) is 6.68. The number of hydrogen-bond acceptors (Lipinski definition) is 3. The van der Waals surface area contributed by atoms with Gasteiger partial charge < -0.3 is 15.0 Å². The van der Waals surface area contributed by atoms with Crippen molar-refractivity contribution in [3.05, 3.63) is 35.4 Å². The lowest BCUT2D eigenvalue weighted by molar-refractivity contribution is 0.0978. The fourth-order valence-electron chi connectivity index (χ4n) is 2.35. The van der Waals surface area contributed by atoms with Gasteiger partial charge in [0.05, 0.1) is 13.2 Å². The van der Waals surface area contributed by atoms with E-state index in [0.717, 1.165) is 38.9 Å². The van der Waals surface area contributed by atoms with Gasteiger partial charge in [-0.25, -0.2) is 0 Å². The highest BCUT2D eigenvalue weighted by atomic mass is 16.5. The molecule has 0 aromatic heterocycles. The molecule has 0 aliphatic heterocycles. The molecule has 1 aromatic carbocycles. The van der Waals surface area contributed by atoms with E-state index >= 15 is 0 Å². The number of likely N-dealkylation sites (N-methyl/N-ethyl adjacent to an activating group) is 1. The summed E-state index contributed by atoms with van der Waals surface area (Å²) in [5.74, 6) is 0.700. The molecule has 2 rings (SSSR count). The average molecular weight is 290 g/mol. The van der Waals surface area contributed by atoms with Gasteiger partial charge in [0.15, 0.2) is 0 Å². The van der Waals surface area contributed by atoms with Crippen LogP contribution in [-0.4, -0.2) is 37.7 Å². The largest absolute Gasteiger partial charge is 0.375 e. The van der Waals surface area contributed by atoms with Crippen LogP contribution in [0.3, 0.4) is 0 Å². The Labute approximate surface area is 129 Å². The van der Waals surface area contributed by atoms with Crippen LogP contribution in [0.1, 0.15) is 37.8 Å². The molecule has 0 heterocycles. The van der Waals surface area contributed by atoms with Crippen molar-refractivity contribution < 1.29 is 4.74 Å². The van der Waals surface area contributed by atoms with E-state index in [4.69, 9.17) is 4.74 Å². The van der Waals surface area contributed by atoms with Gasteiger partial charge in [0.25, 0.3) is 0 Å². The van der Waals surface area contributed by atoms with Gasteiger partial charge in [-0.2, -0.15) is 0 Å². The number of hydrogen-bond donors (Lipinski definition) is 1. The van der Waals surface area contributed by atoms with Gasteiger partial charge >= 0.3 is 0 Å². The van der Waals surface area contributed by atoms with Gasteiger partial charge in [0.1, 0.15) is 0 Å². The molecule has 21 heavy (non-hydrogen) atoms. The van der Waals surface area contributed by atoms with Crippen molar-refractivity contribution in [3.8, 4) is 0 Å². The van der Waals surface area contributed by atoms with Crippen molar-refractivity contribution in [2.75, 3.05) is 26.7 Å². The van der Waals surface area contributed by atoms with E-state index in [1.807, 2.05) is 0 Å². The zero-order valence-electron chi connectivity index (χ0n) is 13.8. The summed E-state index contributed by atoms with van der Waals surface area (Å²) in [7, 11) is 2.19. The lowest BCUT2D eigenvalue weighted by Crippen LogP contribution is -2.25. The predicted octanol–water partition coefficient (Wildman–Crippen LogP) is 3.04. The smallest absolute Gasteiger partial charge is 0.0717 e. The SMILES string of the molecule is CC(C)CNCc1ccc(COCCN(C)C2CC2)cc1. The van der Waals surface area contributed by atoms with Crippen LogP contribution < -0.4 is 5.32 Å². The molecule has 1 fully saturated rings. The molecule has 3 nitrogen and oxygen atoms in total. The summed E-state index contributed by atoms with van der Waals surface area (Å²) in [6, 6.07) is 9.57. The summed E-state index contributed by atoms with van der Waals surface area (Å²) in [6.07, 6.45) is 2.73. The molecule has 1 saturated carbocycles. The predicted molar refractivity (Wildman–Crippen MR) is 88.3 cm³/mol. The molecule has 0 radical (unpaired) electrons. The van der Waals surface area contributed by atoms with Crippen LogP contribution >= 0.6 is 0 Å². The normalized spacial score (nSPS) is 15.1. The third-order valence-corrected chi connectivity index (χ3v) is 3.93. The molecule has 0 saturated heterocycles. The second-order valence-corrected chi connectivity index (χ2v) is 6.61. The van der Waals surface area contributed by atoms with Crippen LogP contribution in [-0.2, 0) is 17.9 Å². The molecular formula is C18H30N2O. The Morgan fingerprint density at radius 3 is 2.48 bits per heavy atom. The third kappa shape index (κ3) is 6.60. The van der Waals surface area contributed by atoms with Crippen molar-refractivity contribution in [2.24, 2.45) is 5.92 Å². The van der Waals surface area contributed by atoms with Crippen molar-refractivity contribution in [2.45, 2.75) is 45.9 Å². The summed E-state index contributed by atoms with van der Waals surface area (Å²) in [5, 5.41) is 3.47. The number of benzene rings is 1. The van der Waals surface area contributed by atoms with Gasteiger partial charge in [0, 0.05) is 19.1 Å². The molecule has 0 amide bonds. The second kappa shape index (κ2) is 8.52. The Hall–Kier alpha value is -0.900. The fourth-order valence-corrected chi connectivity index (χ4v) is 2.35. The quantitative estimate of drug-likeness (QED) is 0.670. The summed E-state index contributed by atoms with van der Waals surface area (Å²) in [4.78, 5) is 2.41. The van der Waals surface area contributed by atoms with Crippen LogP contribution in [0.25, 0.3) is 0 Å². The van der Waals surface area contributed by atoms with Gasteiger partial charge in [-0.15, -0.1) is 0 Å². The van der Waals surface area contributed by atoms with Gasteiger partial charge in [-0.05, 0) is 43.5 Å². The summed E-state index contributed by atoms with van der Waals surface area (Å²) < 4.78 is 5.76. The number of nitrogens with zero attached hydrogens (tertiary/aromatic N) is 1. The van der Waals surface area contributed by atoms with Crippen LogP contribution in [0.15, 0.2) is 24.3 Å². The molecule has 1 aromatic rings. The van der Waals surface area contributed by atoms with E-state index in [1.54, 1.807) is 0 Å². The molecule has 0 atom stereocenters. The second-order valence-electron chi connectivity index (χ2n) is 6.61. The minimum atomic E-state index is 0.700. The van der Waals surface area contributed by atoms with Crippen LogP contribution in [0.5, 0.6) is 0 Å². The maximum absolute atomic E-state index is 5.76. The Bertz CT molecular complexity index is 398. The molecular weight excluding hydrogens is 260 g/mol. The lowest BCUT2D eigenvalue weighted by atomic mass is 10.1. The highest BCUT2D eigenvalue weighted by Crippen LogP contribution is 2.24. The molecule has 0 bridgehead atoms. The van der Waals surface area contributed by atoms with Crippen molar-refractivity contribution in [1.82, 2.24) is 10.2 Å². The zero-order valence-corrected chi connectivity index (χ0v) is 13.8. The highest BCUT2D eigenvalue weighted by Gasteiger charge is 2.25. The van der Waals surface area contributed by atoms with Crippen LogP contribution in [0, 0.1) is 5.92 Å². The topological polar surface area (TPSA) is 24.5 Å². The van der Waals surface area contributed by atoms with Gasteiger partial charge in [-0.3, -0.25) is 0 Å². The minimum Gasteiger partial charge on any atom is -0.375 e. The lowest BCUT2D eigenvalue weighted by Gasteiger charge is -2.15. The van der Waals surface area contributed by atoms with E-state index in [2.05, 4.69) is 55.4 Å². The minimum absolute atomic E-state index is 0.700. The summed E-state index contributed by atoms with van der Waals surface area (Å²) >= 11 is 0. The Morgan fingerprint density at radius 2 is 1.86 bits per heavy atom. The molecule has 1 aliphatic rings. The zero-order chi connectivity index (χ0) is 15.1. The van der Waals surface area contributed by atoms with Crippen molar-refractivity contribution in [1.29, 1.82) is 0 Å². The fraction of sp³-hybridized carbons (Fsp3) is 0.667. The Morgan fingerprint density at radius 1 is 1.19 bits per heavy atom. The Balaban J connectivity index is 1.60. The summed E-state index contributed by atoms with van der Waals surface area (Å²) in [5.41, 5.74) is 2.60. The van der Waals surface area contributed by atoms with Gasteiger partial charge in [0.2, 0.25) is 0 Å². The number of ether oxygens (including phenoxy) is 1. The van der Waals surface area contributed by atoms with E-state index in [0.29, 0.717) is 5.92 Å². The first-order valence-electron chi connectivity index (χ1n) is 8.21. The van der Waals surface area contributed by atoms with E-state index in [1.165, 1.54) is 24.0 Å². The standard InChI is InChI=1S/C18H30N2O/c1-15(2)12-19-13-16-4-6-17(7-5-16)14-21-11-10-20(3)18-8-9-18/h4-7,15,18-19H,8-14H2,1-3H3. The molecule has 0 spiro atoms. The maximum Gasteiger partial charge on any atom is 0.0717 e. The first-order valence-corrected chi connectivity index (χ1v) is 8.21. The van der Waals surface area contributed by atoms with Gasteiger partial charge in [-0.1, -0.05) is 38.1 Å². The first kappa shape index (κ1) is 16.5.